The predicted octanol–water partition coefficient (Wildman–Crippen LogP) is 4.18. The third-order valence-corrected chi connectivity index (χ3v) is 12.4. The Bertz CT molecular complexity index is 1720. The number of fused-ring (bicyclic) bond motifs is 7. The molecule has 0 spiro atoms. The lowest BCUT2D eigenvalue weighted by molar-refractivity contribution is -0.168. The van der Waals surface area contributed by atoms with E-state index in [1.54, 1.807) is 26.4 Å². The van der Waals surface area contributed by atoms with Crippen molar-refractivity contribution >= 4 is 35.8 Å². The van der Waals surface area contributed by atoms with Gasteiger partial charge in [0.2, 0.25) is 0 Å². The zero-order chi connectivity index (χ0) is 38.1. The third-order valence-electron chi connectivity index (χ3n) is 12.4. The molecule has 284 valence electrons. The van der Waals surface area contributed by atoms with Crippen LogP contribution in [0, 0.1) is 71.0 Å². The van der Waals surface area contributed by atoms with Gasteiger partial charge in [0, 0.05) is 0 Å². The molecule has 1 saturated heterocycles. The van der Waals surface area contributed by atoms with Crippen LogP contribution in [0.1, 0.15) is 37.8 Å². The van der Waals surface area contributed by atoms with E-state index in [4.69, 9.17) is 33.2 Å². The molecule has 4 unspecified atom stereocenters. The highest BCUT2D eigenvalue weighted by Crippen LogP contribution is 2.61. The summed E-state index contributed by atoms with van der Waals surface area (Å²) in [4.78, 5) is 73.9. The zero-order valence-electron chi connectivity index (χ0n) is 30.7. The topological polar surface area (TPSA) is 167 Å². The van der Waals surface area contributed by atoms with Crippen LogP contribution in [0.4, 0.5) is 0 Å². The van der Waals surface area contributed by atoms with Gasteiger partial charge < -0.3 is 33.2 Å². The van der Waals surface area contributed by atoms with Gasteiger partial charge in [-0.15, -0.1) is 0 Å². The van der Waals surface area contributed by atoms with Crippen molar-refractivity contribution in [2.45, 2.75) is 39.9 Å². The molecule has 5 aliphatic rings. The first kappa shape index (κ1) is 37.8. The van der Waals surface area contributed by atoms with Gasteiger partial charge in [-0.3, -0.25) is 28.8 Å². The number of esters is 6. The van der Waals surface area contributed by atoms with Crippen molar-refractivity contribution in [3.8, 4) is 11.5 Å². The van der Waals surface area contributed by atoms with Gasteiger partial charge in [-0.1, -0.05) is 38.1 Å². The Morgan fingerprint density at radius 3 is 1.40 bits per heavy atom. The summed E-state index contributed by atoms with van der Waals surface area (Å²) in [6.45, 7) is 4.23. The number of methoxy groups -OCH3 is 4. The van der Waals surface area contributed by atoms with Crippen LogP contribution in [0.15, 0.2) is 48.5 Å². The Balaban J connectivity index is 0.000000182. The van der Waals surface area contributed by atoms with E-state index < -0.39 is 47.5 Å². The lowest BCUT2D eigenvalue weighted by atomic mass is 9.68. The molecule has 12 atom stereocenters. The van der Waals surface area contributed by atoms with Crippen LogP contribution in [-0.4, -0.2) is 64.3 Å². The SMILES string of the molecule is COC(=O)[C@@H]1C2CC([C@H](C(=O)OCc3ccc(OC)cc3)[C@@H]2C)[C@@H]1C(=O)OC.COc1ccc(COC(=O)[C@H]2C3CC([C@H]4C(=O)OC(=O)[C@@H]34)[C@@H]2C)cc1. The minimum absolute atomic E-state index is 0.0214. The second kappa shape index (κ2) is 15.6. The number of carbonyl (C=O) groups is 6. The molecule has 53 heavy (non-hydrogen) atoms. The number of hydrogen-bond acceptors (Lipinski definition) is 13. The second-order valence-electron chi connectivity index (χ2n) is 14.7. The molecule has 13 nitrogen and oxygen atoms in total. The lowest BCUT2D eigenvalue weighted by Crippen LogP contribution is -2.45. The van der Waals surface area contributed by atoms with Gasteiger partial charge in [-0.2, -0.15) is 0 Å². The molecule has 2 aromatic rings. The summed E-state index contributed by atoms with van der Waals surface area (Å²) in [5.41, 5.74) is 1.72. The van der Waals surface area contributed by atoms with Crippen LogP contribution >= 0.6 is 0 Å². The average Bonchev–Trinajstić information content (AvgIpc) is 3.98. The molecule has 5 fully saturated rings. The van der Waals surface area contributed by atoms with Gasteiger partial charge >= 0.3 is 35.8 Å². The maximum absolute atomic E-state index is 12.8. The van der Waals surface area contributed by atoms with Gasteiger partial charge in [-0.05, 0) is 83.7 Å². The van der Waals surface area contributed by atoms with E-state index in [0.29, 0.717) is 6.42 Å². The molecule has 0 aromatic heterocycles. The summed E-state index contributed by atoms with van der Waals surface area (Å²) in [5.74, 6) is -4.31. The predicted molar refractivity (Wildman–Crippen MR) is 183 cm³/mol. The number of hydrogen-bond donors (Lipinski definition) is 0. The van der Waals surface area contributed by atoms with Crippen molar-refractivity contribution in [1.29, 1.82) is 0 Å². The maximum atomic E-state index is 12.8. The molecule has 7 rings (SSSR count). The van der Waals surface area contributed by atoms with Crippen molar-refractivity contribution < 1.29 is 61.9 Å². The zero-order valence-corrected chi connectivity index (χ0v) is 30.7. The molecular weight excluding hydrogens is 688 g/mol. The summed E-state index contributed by atoms with van der Waals surface area (Å²) >= 11 is 0. The normalized spacial score (nSPS) is 32.9. The largest absolute Gasteiger partial charge is 0.497 e. The monoisotopic (exact) mass is 734 g/mol. The summed E-state index contributed by atoms with van der Waals surface area (Å²) < 4.78 is 35.9. The molecule has 4 bridgehead atoms. The Morgan fingerprint density at radius 2 is 0.943 bits per heavy atom. The van der Waals surface area contributed by atoms with Crippen LogP contribution in [0.2, 0.25) is 0 Å². The molecule has 1 heterocycles. The fraction of sp³-hybridized carbons (Fsp3) is 0.550. The van der Waals surface area contributed by atoms with Crippen LogP contribution in [-0.2, 0) is 65.7 Å². The summed E-state index contributed by atoms with van der Waals surface area (Å²) in [7, 11) is 5.79. The third kappa shape index (κ3) is 6.97. The fourth-order valence-corrected chi connectivity index (χ4v) is 9.93. The molecule has 2 aromatic carbocycles. The van der Waals surface area contributed by atoms with Crippen molar-refractivity contribution in [3.05, 3.63) is 59.7 Å². The van der Waals surface area contributed by atoms with Crippen LogP contribution in [0.3, 0.4) is 0 Å². The van der Waals surface area contributed by atoms with E-state index in [0.717, 1.165) is 29.0 Å². The van der Waals surface area contributed by atoms with E-state index in [1.165, 1.54) is 14.2 Å². The number of carbonyl (C=O) groups excluding carboxylic acids is 6. The standard InChI is InChI=1S/C21H26O7.C19H20O6/c1-11-14-9-15(18(20(23)27-4)17(14)19(22)26-3)16(11)21(24)28-10-12-5-7-13(25-2)8-6-12;1-9-12-7-13(16-15(12)18(21)25-19(16)22)14(9)17(20)24-8-10-3-5-11(23-2)6-4-10/h5-8,11,14-18H,9-10H2,1-4H3;3-6,9,12-16H,7-8H2,1-2H3/t11-,14?,15?,16-,17-,18+;9-,12?,13?,14+,15+,16-/m10/s1. The number of rotatable bonds is 10. The molecule has 13 heteroatoms. The van der Waals surface area contributed by atoms with Gasteiger partial charge in [0.25, 0.3) is 0 Å². The Labute approximate surface area is 307 Å². The van der Waals surface area contributed by atoms with Crippen molar-refractivity contribution in [2.75, 3.05) is 28.4 Å². The van der Waals surface area contributed by atoms with Gasteiger partial charge in [-0.25, -0.2) is 0 Å². The van der Waals surface area contributed by atoms with Crippen molar-refractivity contribution in [2.24, 2.45) is 71.0 Å². The minimum atomic E-state index is -0.669. The molecule has 4 aliphatic carbocycles. The van der Waals surface area contributed by atoms with Gasteiger partial charge in [0.05, 0.1) is 63.9 Å². The van der Waals surface area contributed by atoms with E-state index in [2.05, 4.69) is 0 Å². The Hall–Kier alpha value is -4.94. The first-order valence-electron chi connectivity index (χ1n) is 17.9. The molecule has 4 saturated carbocycles. The highest BCUT2D eigenvalue weighted by atomic mass is 16.6. The minimum Gasteiger partial charge on any atom is -0.497 e. The Morgan fingerprint density at radius 1 is 0.547 bits per heavy atom. The van der Waals surface area contributed by atoms with E-state index in [9.17, 15) is 28.8 Å². The van der Waals surface area contributed by atoms with Gasteiger partial charge in [0.15, 0.2) is 0 Å². The highest BCUT2D eigenvalue weighted by molar-refractivity contribution is 5.98. The second-order valence-corrected chi connectivity index (χ2v) is 14.7. The smallest absolute Gasteiger partial charge is 0.317 e. The number of ether oxygens (including phenoxy) is 7. The van der Waals surface area contributed by atoms with Gasteiger partial charge in [0.1, 0.15) is 24.7 Å². The van der Waals surface area contributed by atoms with Crippen LogP contribution in [0.5, 0.6) is 11.5 Å². The number of benzene rings is 2. The van der Waals surface area contributed by atoms with Crippen LogP contribution < -0.4 is 9.47 Å². The lowest BCUT2D eigenvalue weighted by Gasteiger charge is -2.35. The maximum Gasteiger partial charge on any atom is 0.317 e. The number of cyclic esters (lactones) is 2. The first-order chi connectivity index (χ1) is 25.4. The summed E-state index contributed by atoms with van der Waals surface area (Å²) in [5, 5.41) is 0. The summed E-state index contributed by atoms with van der Waals surface area (Å²) in [6.07, 6.45) is 1.34. The quantitative estimate of drug-likeness (QED) is 0.194. The molecule has 0 radical (unpaired) electrons. The Kier molecular flexibility index (Phi) is 11.1. The fourth-order valence-electron chi connectivity index (χ4n) is 9.93. The van der Waals surface area contributed by atoms with E-state index in [-0.39, 0.29) is 72.5 Å². The molecule has 0 N–H and O–H groups in total. The van der Waals surface area contributed by atoms with E-state index in [1.807, 2.05) is 50.2 Å². The van der Waals surface area contributed by atoms with Crippen LogP contribution in [0.25, 0.3) is 0 Å². The molecule has 0 amide bonds. The average molecular weight is 735 g/mol. The molecule has 1 aliphatic heterocycles. The van der Waals surface area contributed by atoms with E-state index >= 15 is 0 Å². The summed E-state index contributed by atoms with van der Waals surface area (Å²) in [6, 6.07) is 14.6. The van der Waals surface area contributed by atoms with Crippen molar-refractivity contribution in [3.63, 3.8) is 0 Å². The molecular formula is C40H46O13. The first-order valence-corrected chi connectivity index (χ1v) is 17.9. The van der Waals surface area contributed by atoms with Crippen molar-refractivity contribution in [1.82, 2.24) is 0 Å². The highest BCUT2D eigenvalue weighted by Gasteiger charge is 2.67.